The molecule has 0 spiro atoms. The van der Waals surface area contributed by atoms with Crippen molar-refractivity contribution >= 4 is 22.8 Å². The van der Waals surface area contributed by atoms with E-state index in [1.807, 2.05) is 0 Å². The van der Waals surface area contributed by atoms with Gasteiger partial charge in [0.05, 0.1) is 6.54 Å². The number of urea groups is 1. The summed E-state index contributed by atoms with van der Waals surface area (Å²) in [6.45, 7) is 0.111. The zero-order valence-electron chi connectivity index (χ0n) is 6.34. The molecule has 13 heavy (non-hydrogen) atoms. The van der Waals surface area contributed by atoms with Crippen molar-refractivity contribution in [2.24, 2.45) is 10.8 Å². The maximum absolute atomic E-state index is 12.0. The molecule has 4 nitrogen and oxygen atoms in total. The number of nitrogens with zero attached hydrogens (tertiary/aromatic N) is 2. The monoisotopic (exact) mass is 213 g/mol. The van der Waals surface area contributed by atoms with Crippen LogP contribution < -0.4 is 5.73 Å². The Morgan fingerprint density at radius 1 is 1.62 bits per heavy atom. The van der Waals surface area contributed by atoms with Crippen molar-refractivity contribution in [3.05, 3.63) is 0 Å². The molecule has 1 rings (SSSR count). The van der Waals surface area contributed by atoms with Crippen molar-refractivity contribution in [3.63, 3.8) is 0 Å². The Kier molecular flexibility index (Phi) is 2.69. The van der Waals surface area contributed by atoms with E-state index in [0.29, 0.717) is 16.8 Å². The molecule has 0 aromatic heterocycles. The lowest BCUT2D eigenvalue weighted by molar-refractivity contribution is -0.0566. The van der Waals surface area contributed by atoms with Crippen LogP contribution in [0.3, 0.4) is 0 Å². The summed E-state index contributed by atoms with van der Waals surface area (Å²) in [6.07, 6.45) is -4.50. The van der Waals surface area contributed by atoms with Crippen molar-refractivity contribution in [2.75, 3.05) is 12.3 Å². The molecule has 0 saturated heterocycles. The van der Waals surface area contributed by atoms with Gasteiger partial charge in [0.15, 0.2) is 5.04 Å². The number of carbonyl (C=O) groups excluding carboxylic acids is 1. The van der Waals surface area contributed by atoms with Crippen molar-refractivity contribution in [2.45, 2.75) is 6.18 Å². The molecule has 74 valence electrons. The van der Waals surface area contributed by atoms with E-state index >= 15 is 0 Å². The third-order valence-electron chi connectivity index (χ3n) is 1.25. The van der Waals surface area contributed by atoms with Crippen LogP contribution in [0.1, 0.15) is 0 Å². The number of rotatable bonds is 0. The SMILES string of the molecule is NC(=O)N1CCSC(C(F)(F)F)=N1. The molecule has 0 fully saturated rings. The molecule has 2 N–H and O–H groups in total. The molecular formula is C5H6F3N3OS. The first-order valence-electron chi connectivity index (χ1n) is 3.27. The Labute approximate surface area is 75.9 Å². The summed E-state index contributed by atoms with van der Waals surface area (Å²) < 4.78 is 36.1. The van der Waals surface area contributed by atoms with Gasteiger partial charge in [-0.3, -0.25) is 0 Å². The number of hydrogen-bond donors (Lipinski definition) is 1. The van der Waals surface area contributed by atoms with Gasteiger partial charge in [0, 0.05) is 5.75 Å². The van der Waals surface area contributed by atoms with Crippen LogP contribution in [0.5, 0.6) is 0 Å². The lowest BCUT2D eigenvalue weighted by atomic mass is 10.6. The predicted molar refractivity (Wildman–Crippen MR) is 42.2 cm³/mol. The highest BCUT2D eigenvalue weighted by atomic mass is 32.2. The Hall–Kier alpha value is -0.920. The van der Waals surface area contributed by atoms with E-state index in [-0.39, 0.29) is 12.3 Å². The Morgan fingerprint density at radius 3 is 2.69 bits per heavy atom. The Morgan fingerprint density at radius 2 is 2.23 bits per heavy atom. The minimum absolute atomic E-state index is 0.111. The van der Waals surface area contributed by atoms with E-state index in [0.717, 1.165) is 0 Å². The number of thioether (sulfide) groups is 1. The number of nitrogens with two attached hydrogens (primary N) is 1. The zero-order valence-corrected chi connectivity index (χ0v) is 7.15. The summed E-state index contributed by atoms with van der Waals surface area (Å²) in [5.74, 6) is 0.154. The molecule has 8 heteroatoms. The highest BCUT2D eigenvalue weighted by Gasteiger charge is 2.39. The van der Waals surface area contributed by atoms with E-state index in [4.69, 9.17) is 5.73 Å². The fourth-order valence-electron chi connectivity index (χ4n) is 0.715. The van der Waals surface area contributed by atoms with E-state index in [9.17, 15) is 18.0 Å². The molecule has 1 heterocycles. The summed E-state index contributed by atoms with van der Waals surface area (Å²) in [5, 5.41) is 2.65. The zero-order chi connectivity index (χ0) is 10.1. The molecule has 0 aromatic rings. The largest absolute Gasteiger partial charge is 0.441 e. The van der Waals surface area contributed by atoms with Crippen LogP contribution in [0.25, 0.3) is 0 Å². The number of primary amides is 1. The standard InChI is InChI=1S/C5H6F3N3OS/c6-5(7,8)3-10-11(4(9)12)1-2-13-3/h1-2H2,(H2,9,12). The maximum atomic E-state index is 12.0. The normalized spacial score (nSPS) is 18.4. The Balaban J connectivity index is 2.81. The topological polar surface area (TPSA) is 58.7 Å². The van der Waals surface area contributed by atoms with Crippen LogP contribution in [-0.4, -0.2) is 34.6 Å². The van der Waals surface area contributed by atoms with Gasteiger partial charge < -0.3 is 5.73 Å². The van der Waals surface area contributed by atoms with Gasteiger partial charge in [0.25, 0.3) is 0 Å². The molecule has 0 radical (unpaired) electrons. The highest BCUT2D eigenvalue weighted by molar-refractivity contribution is 8.14. The summed E-state index contributed by atoms with van der Waals surface area (Å²) in [6, 6.07) is -0.970. The van der Waals surface area contributed by atoms with Gasteiger partial charge in [-0.05, 0) is 0 Å². The third kappa shape index (κ3) is 2.51. The maximum Gasteiger partial charge on any atom is 0.441 e. The van der Waals surface area contributed by atoms with Crippen molar-refractivity contribution in [3.8, 4) is 0 Å². The van der Waals surface area contributed by atoms with Crippen molar-refractivity contribution < 1.29 is 18.0 Å². The fourth-order valence-corrected chi connectivity index (χ4v) is 1.49. The van der Waals surface area contributed by atoms with Gasteiger partial charge in [-0.15, -0.1) is 0 Å². The second kappa shape index (κ2) is 3.44. The summed E-state index contributed by atoms with van der Waals surface area (Å²) >= 11 is 0.567. The molecule has 1 aliphatic heterocycles. The van der Waals surface area contributed by atoms with Crippen LogP contribution in [0.4, 0.5) is 18.0 Å². The minimum atomic E-state index is -4.50. The second-order valence-electron chi connectivity index (χ2n) is 2.21. The lowest BCUT2D eigenvalue weighted by Crippen LogP contribution is -2.39. The minimum Gasteiger partial charge on any atom is -0.350 e. The molecular weight excluding hydrogens is 207 g/mol. The third-order valence-corrected chi connectivity index (χ3v) is 2.22. The molecule has 0 bridgehead atoms. The van der Waals surface area contributed by atoms with Crippen LogP contribution in [0, 0.1) is 0 Å². The summed E-state index contributed by atoms with van der Waals surface area (Å²) in [5.41, 5.74) is 4.78. The van der Waals surface area contributed by atoms with E-state index in [2.05, 4.69) is 5.10 Å². The lowest BCUT2D eigenvalue weighted by Gasteiger charge is -2.21. The second-order valence-corrected chi connectivity index (χ2v) is 3.30. The number of carbonyl (C=O) groups is 1. The number of halogens is 3. The number of alkyl halides is 3. The van der Waals surface area contributed by atoms with Gasteiger partial charge in [0.1, 0.15) is 0 Å². The average molecular weight is 213 g/mol. The quantitative estimate of drug-likeness (QED) is 0.652. The molecule has 2 amide bonds. The first-order chi connectivity index (χ1) is 5.91. The molecule has 0 aliphatic carbocycles. The smallest absolute Gasteiger partial charge is 0.350 e. The van der Waals surface area contributed by atoms with Gasteiger partial charge >= 0.3 is 12.2 Å². The first kappa shape index (κ1) is 10.2. The first-order valence-corrected chi connectivity index (χ1v) is 4.25. The number of hydrazone groups is 1. The molecule has 0 aromatic carbocycles. The molecule has 0 saturated carbocycles. The average Bonchev–Trinajstić information content (AvgIpc) is 2.03. The van der Waals surface area contributed by atoms with E-state index in [1.165, 1.54) is 0 Å². The van der Waals surface area contributed by atoms with E-state index < -0.39 is 17.3 Å². The van der Waals surface area contributed by atoms with Crippen LogP contribution in [0.2, 0.25) is 0 Å². The van der Waals surface area contributed by atoms with Crippen LogP contribution in [0.15, 0.2) is 5.10 Å². The highest BCUT2D eigenvalue weighted by Crippen LogP contribution is 2.27. The molecule has 0 unspecified atom stereocenters. The van der Waals surface area contributed by atoms with E-state index in [1.54, 1.807) is 0 Å². The summed E-state index contributed by atoms with van der Waals surface area (Å²) in [7, 11) is 0. The van der Waals surface area contributed by atoms with Gasteiger partial charge in [-0.25, -0.2) is 9.80 Å². The van der Waals surface area contributed by atoms with Gasteiger partial charge in [-0.2, -0.15) is 18.3 Å². The van der Waals surface area contributed by atoms with Crippen LogP contribution in [-0.2, 0) is 0 Å². The number of amides is 2. The van der Waals surface area contributed by atoms with Gasteiger partial charge in [0.2, 0.25) is 0 Å². The van der Waals surface area contributed by atoms with Gasteiger partial charge in [-0.1, -0.05) is 11.8 Å². The number of hydrogen-bond acceptors (Lipinski definition) is 3. The Bertz CT molecular complexity index is 252. The van der Waals surface area contributed by atoms with Crippen LogP contribution >= 0.6 is 11.8 Å². The fraction of sp³-hybridized carbons (Fsp3) is 0.600. The predicted octanol–water partition coefficient (Wildman–Crippen LogP) is 0.990. The molecule has 1 aliphatic rings. The molecule has 0 atom stereocenters. The van der Waals surface area contributed by atoms with Crippen molar-refractivity contribution in [1.82, 2.24) is 5.01 Å². The summed E-state index contributed by atoms with van der Waals surface area (Å²) in [4.78, 5) is 10.5. The van der Waals surface area contributed by atoms with Crippen molar-refractivity contribution in [1.29, 1.82) is 0 Å².